The van der Waals surface area contributed by atoms with Crippen LogP contribution in [0.25, 0.3) is 0 Å². The summed E-state index contributed by atoms with van der Waals surface area (Å²) in [5, 5.41) is 10.6. The van der Waals surface area contributed by atoms with Crippen LogP contribution in [0.2, 0.25) is 0 Å². The summed E-state index contributed by atoms with van der Waals surface area (Å²) in [7, 11) is 0. The minimum atomic E-state index is -0.745. The van der Waals surface area contributed by atoms with E-state index in [0.29, 0.717) is 12.1 Å². The summed E-state index contributed by atoms with van der Waals surface area (Å²) in [6, 6.07) is 19.1. The molecule has 0 fully saturated rings. The van der Waals surface area contributed by atoms with Gasteiger partial charge in [-0.3, -0.25) is 9.59 Å². The number of carboxylic acid groups (broad SMARTS) is 1. The van der Waals surface area contributed by atoms with Crippen LogP contribution in [-0.4, -0.2) is 17.0 Å². The fourth-order valence-electron chi connectivity index (χ4n) is 1.47. The van der Waals surface area contributed by atoms with Gasteiger partial charge in [-0.05, 0) is 17.7 Å². The maximum Gasteiger partial charge on any atom is 0.303 e. The summed E-state index contributed by atoms with van der Waals surface area (Å²) in [5.41, 5.74) is 1.80. The molecule has 4 nitrogen and oxygen atoms in total. The van der Waals surface area contributed by atoms with Gasteiger partial charge in [-0.1, -0.05) is 55.5 Å². The van der Waals surface area contributed by atoms with Crippen LogP contribution in [0.4, 0.5) is 0 Å². The van der Waals surface area contributed by atoms with E-state index in [1.807, 2.05) is 48.5 Å². The van der Waals surface area contributed by atoms with E-state index in [1.54, 1.807) is 19.1 Å². The molecule has 0 bridgehead atoms. The first-order valence-corrected chi connectivity index (χ1v) is 6.72. The SMILES string of the molecule is CCC(=O)O.O=C(NCc1ccccc1)c1ccccc1. The molecule has 0 saturated carbocycles. The van der Waals surface area contributed by atoms with E-state index in [9.17, 15) is 9.59 Å². The van der Waals surface area contributed by atoms with E-state index in [4.69, 9.17) is 5.11 Å². The van der Waals surface area contributed by atoms with Crippen LogP contribution in [-0.2, 0) is 11.3 Å². The van der Waals surface area contributed by atoms with Crippen LogP contribution in [0.5, 0.6) is 0 Å². The Kier molecular flexibility index (Phi) is 7.29. The third kappa shape index (κ3) is 6.92. The lowest BCUT2D eigenvalue weighted by atomic mass is 10.2. The predicted octanol–water partition coefficient (Wildman–Crippen LogP) is 3.10. The van der Waals surface area contributed by atoms with Gasteiger partial charge in [0.05, 0.1) is 0 Å². The van der Waals surface area contributed by atoms with Crippen LogP contribution in [0.15, 0.2) is 60.7 Å². The average molecular weight is 285 g/mol. The van der Waals surface area contributed by atoms with Crippen molar-refractivity contribution < 1.29 is 14.7 Å². The molecular formula is C17H19NO3. The van der Waals surface area contributed by atoms with E-state index in [-0.39, 0.29) is 12.3 Å². The number of rotatable bonds is 4. The number of aliphatic carboxylic acids is 1. The van der Waals surface area contributed by atoms with E-state index < -0.39 is 5.97 Å². The lowest BCUT2D eigenvalue weighted by Gasteiger charge is -2.04. The lowest BCUT2D eigenvalue weighted by molar-refractivity contribution is -0.136. The van der Waals surface area contributed by atoms with Crippen molar-refractivity contribution in [3.05, 3.63) is 71.8 Å². The highest BCUT2D eigenvalue weighted by Gasteiger charge is 2.02. The normalized spacial score (nSPS) is 9.19. The Bertz CT molecular complexity index is 553. The zero-order valence-corrected chi connectivity index (χ0v) is 12.0. The molecule has 2 aromatic carbocycles. The van der Waals surface area contributed by atoms with Gasteiger partial charge in [-0.15, -0.1) is 0 Å². The molecule has 0 spiro atoms. The average Bonchev–Trinajstić information content (AvgIpc) is 2.55. The van der Waals surface area contributed by atoms with Gasteiger partial charge in [0.25, 0.3) is 5.91 Å². The smallest absolute Gasteiger partial charge is 0.303 e. The number of nitrogens with one attached hydrogen (secondary N) is 1. The first kappa shape index (κ1) is 16.4. The fraction of sp³-hybridized carbons (Fsp3) is 0.176. The molecule has 4 heteroatoms. The molecule has 2 N–H and O–H groups in total. The van der Waals surface area contributed by atoms with Crippen molar-refractivity contribution in [2.24, 2.45) is 0 Å². The molecule has 0 atom stereocenters. The van der Waals surface area contributed by atoms with Gasteiger partial charge in [0, 0.05) is 18.5 Å². The fourth-order valence-corrected chi connectivity index (χ4v) is 1.47. The third-order valence-electron chi connectivity index (χ3n) is 2.63. The molecule has 1 amide bonds. The van der Waals surface area contributed by atoms with Gasteiger partial charge in [0.2, 0.25) is 0 Å². The molecule has 0 aliphatic heterocycles. The molecule has 2 rings (SSSR count). The standard InChI is InChI=1S/C14H13NO.C3H6O2/c16-14(13-9-5-2-6-10-13)15-11-12-7-3-1-4-8-12;1-2-3(4)5/h1-10H,11H2,(H,15,16);2H2,1H3,(H,4,5). The molecule has 2 aromatic rings. The van der Waals surface area contributed by atoms with E-state index in [1.165, 1.54) is 0 Å². The Hall–Kier alpha value is -2.62. The number of carboxylic acids is 1. The van der Waals surface area contributed by atoms with Gasteiger partial charge in [-0.2, -0.15) is 0 Å². The number of amides is 1. The second-order valence-corrected chi connectivity index (χ2v) is 4.28. The maximum atomic E-state index is 11.7. The highest BCUT2D eigenvalue weighted by Crippen LogP contribution is 2.01. The number of carbonyl (C=O) groups excluding carboxylic acids is 1. The Morgan fingerprint density at radius 2 is 1.43 bits per heavy atom. The van der Waals surface area contributed by atoms with Crippen LogP contribution >= 0.6 is 0 Å². The summed E-state index contributed by atoms with van der Waals surface area (Å²) in [6.45, 7) is 2.16. The zero-order chi connectivity index (χ0) is 15.5. The van der Waals surface area contributed by atoms with E-state index >= 15 is 0 Å². The van der Waals surface area contributed by atoms with Crippen molar-refractivity contribution in [3.8, 4) is 0 Å². The molecule has 21 heavy (non-hydrogen) atoms. The third-order valence-corrected chi connectivity index (χ3v) is 2.63. The molecule has 0 radical (unpaired) electrons. The molecule has 0 aliphatic rings. The van der Waals surface area contributed by atoms with E-state index in [0.717, 1.165) is 5.56 Å². The monoisotopic (exact) mass is 285 g/mol. The van der Waals surface area contributed by atoms with Crippen molar-refractivity contribution >= 4 is 11.9 Å². The number of benzene rings is 2. The number of hydrogen-bond donors (Lipinski definition) is 2. The van der Waals surface area contributed by atoms with Gasteiger partial charge in [0.15, 0.2) is 0 Å². The quantitative estimate of drug-likeness (QED) is 0.907. The number of carbonyl (C=O) groups is 2. The molecular weight excluding hydrogens is 266 g/mol. The Morgan fingerprint density at radius 3 is 1.90 bits per heavy atom. The number of hydrogen-bond acceptors (Lipinski definition) is 2. The highest BCUT2D eigenvalue weighted by atomic mass is 16.4. The highest BCUT2D eigenvalue weighted by molar-refractivity contribution is 5.94. The minimum absolute atomic E-state index is 0.0375. The van der Waals surface area contributed by atoms with E-state index in [2.05, 4.69) is 5.32 Å². The molecule has 0 unspecified atom stereocenters. The van der Waals surface area contributed by atoms with Gasteiger partial charge in [-0.25, -0.2) is 0 Å². The summed E-state index contributed by atoms with van der Waals surface area (Å²) < 4.78 is 0. The van der Waals surface area contributed by atoms with Crippen LogP contribution in [0.3, 0.4) is 0 Å². The summed E-state index contributed by atoms with van der Waals surface area (Å²) in [5.74, 6) is -0.783. The van der Waals surface area contributed by atoms with Crippen LogP contribution < -0.4 is 5.32 Å². The van der Waals surface area contributed by atoms with Gasteiger partial charge < -0.3 is 10.4 Å². The summed E-state index contributed by atoms with van der Waals surface area (Å²) >= 11 is 0. The van der Waals surface area contributed by atoms with Gasteiger partial charge in [0.1, 0.15) is 0 Å². The maximum absolute atomic E-state index is 11.7. The molecule has 0 aliphatic carbocycles. The van der Waals surface area contributed by atoms with Crippen LogP contribution in [0.1, 0.15) is 29.3 Å². The predicted molar refractivity (Wildman–Crippen MR) is 82.0 cm³/mol. The van der Waals surface area contributed by atoms with Crippen molar-refractivity contribution in [3.63, 3.8) is 0 Å². The van der Waals surface area contributed by atoms with Gasteiger partial charge >= 0.3 is 5.97 Å². The molecule has 0 aromatic heterocycles. The first-order valence-electron chi connectivity index (χ1n) is 6.72. The molecule has 0 saturated heterocycles. The first-order chi connectivity index (χ1) is 10.1. The summed E-state index contributed by atoms with van der Waals surface area (Å²) in [6.07, 6.45) is 0.222. The Morgan fingerprint density at radius 1 is 0.952 bits per heavy atom. The van der Waals surface area contributed by atoms with Crippen molar-refractivity contribution in [1.82, 2.24) is 5.32 Å². The topological polar surface area (TPSA) is 66.4 Å². The van der Waals surface area contributed by atoms with Crippen molar-refractivity contribution in [2.45, 2.75) is 19.9 Å². The largest absolute Gasteiger partial charge is 0.481 e. The molecule has 110 valence electrons. The van der Waals surface area contributed by atoms with Crippen molar-refractivity contribution in [2.75, 3.05) is 0 Å². The van der Waals surface area contributed by atoms with Crippen molar-refractivity contribution in [1.29, 1.82) is 0 Å². The lowest BCUT2D eigenvalue weighted by Crippen LogP contribution is -2.22. The minimum Gasteiger partial charge on any atom is -0.481 e. The zero-order valence-electron chi connectivity index (χ0n) is 12.0. The Labute approximate surface area is 124 Å². The second kappa shape index (κ2) is 9.31. The summed E-state index contributed by atoms with van der Waals surface area (Å²) in [4.78, 5) is 21.1. The molecule has 0 heterocycles. The van der Waals surface area contributed by atoms with Crippen LogP contribution in [0, 0.1) is 0 Å². The second-order valence-electron chi connectivity index (χ2n) is 4.28. The Balaban J connectivity index is 0.000000383.